The number of nitrogens with zero attached hydrogens (tertiary/aromatic N) is 2. The average molecular weight is 375 g/mol. The lowest BCUT2D eigenvalue weighted by atomic mass is 10.1. The van der Waals surface area contributed by atoms with Gasteiger partial charge in [-0.2, -0.15) is 13.2 Å². The van der Waals surface area contributed by atoms with Crippen LogP contribution in [0.25, 0.3) is 0 Å². The molecule has 1 aliphatic rings. The zero-order valence-electron chi connectivity index (χ0n) is 14.9. The van der Waals surface area contributed by atoms with Gasteiger partial charge in [0.15, 0.2) is 0 Å². The Hall–Kier alpha value is -2.03. The molecule has 1 saturated carbocycles. The quantitative estimate of drug-likeness (QED) is 0.717. The van der Waals surface area contributed by atoms with Gasteiger partial charge >= 0.3 is 6.18 Å². The van der Waals surface area contributed by atoms with Gasteiger partial charge in [-0.1, -0.05) is 0 Å². The predicted octanol–water partition coefficient (Wildman–Crippen LogP) is 2.02. The van der Waals surface area contributed by atoms with Crippen LogP contribution in [0.15, 0.2) is 22.8 Å². The number of alkyl halides is 3. The predicted molar refractivity (Wildman–Crippen MR) is 88.0 cm³/mol. The highest BCUT2D eigenvalue weighted by Gasteiger charge is 2.40. The van der Waals surface area contributed by atoms with E-state index < -0.39 is 24.7 Å². The molecule has 1 aromatic rings. The largest absolute Gasteiger partial charge is 0.467 e. The molecule has 0 bridgehead atoms. The number of likely N-dealkylation sites (N-methyl/N-ethyl adjacent to an activating group) is 1. The summed E-state index contributed by atoms with van der Waals surface area (Å²) in [4.78, 5) is 26.5. The molecule has 2 amide bonds. The van der Waals surface area contributed by atoms with Gasteiger partial charge in [-0.15, -0.1) is 0 Å². The Morgan fingerprint density at radius 2 is 2.04 bits per heavy atom. The minimum absolute atomic E-state index is 0.0931. The van der Waals surface area contributed by atoms with E-state index in [0.717, 1.165) is 17.7 Å². The molecule has 0 aromatic carbocycles. The molecule has 146 valence electrons. The van der Waals surface area contributed by atoms with Crippen molar-refractivity contribution in [3.05, 3.63) is 24.2 Å². The molecule has 0 aliphatic heterocycles. The van der Waals surface area contributed by atoms with Crippen LogP contribution in [0.1, 0.15) is 25.5 Å². The molecule has 1 N–H and O–H groups in total. The zero-order chi connectivity index (χ0) is 19.3. The maximum absolute atomic E-state index is 12.8. The molecule has 1 atom stereocenters. The fourth-order valence-electron chi connectivity index (χ4n) is 2.76. The highest BCUT2D eigenvalue weighted by Crippen LogP contribution is 2.36. The van der Waals surface area contributed by atoms with Crippen LogP contribution in [-0.2, 0) is 16.1 Å². The van der Waals surface area contributed by atoms with Gasteiger partial charge in [-0.05, 0) is 44.9 Å². The van der Waals surface area contributed by atoms with Gasteiger partial charge in [0.05, 0.1) is 25.9 Å². The van der Waals surface area contributed by atoms with E-state index in [1.807, 2.05) is 0 Å². The van der Waals surface area contributed by atoms with Crippen LogP contribution in [0.4, 0.5) is 13.2 Å². The van der Waals surface area contributed by atoms with Crippen LogP contribution in [0.3, 0.4) is 0 Å². The maximum Gasteiger partial charge on any atom is 0.406 e. The Morgan fingerprint density at radius 1 is 1.35 bits per heavy atom. The number of furan rings is 1. The van der Waals surface area contributed by atoms with E-state index >= 15 is 0 Å². The van der Waals surface area contributed by atoms with E-state index in [9.17, 15) is 22.8 Å². The van der Waals surface area contributed by atoms with E-state index in [-0.39, 0.29) is 31.5 Å². The normalized spacial score (nSPS) is 15.8. The van der Waals surface area contributed by atoms with Crippen molar-refractivity contribution < 1.29 is 27.2 Å². The number of halogens is 3. The molecule has 0 spiro atoms. The minimum atomic E-state index is -4.45. The molecule has 0 saturated heterocycles. The fourth-order valence-corrected chi connectivity index (χ4v) is 2.76. The van der Waals surface area contributed by atoms with Crippen molar-refractivity contribution in [3.8, 4) is 0 Å². The topological polar surface area (TPSA) is 65.8 Å². The van der Waals surface area contributed by atoms with Crippen molar-refractivity contribution in [3.63, 3.8) is 0 Å². The summed E-state index contributed by atoms with van der Waals surface area (Å²) in [6.45, 7) is 0.261. The zero-order valence-corrected chi connectivity index (χ0v) is 14.9. The SMILES string of the molecule is C[C@@H](C1CC1)N(CC(F)(F)F)C(=O)CN(C)CC(=O)NCc1ccco1. The summed E-state index contributed by atoms with van der Waals surface area (Å²) in [6.07, 6.45) is -1.28. The monoisotopic (exact) mass is 375 g/mol. The number of hydrogen-bond acceptors (Lipinski definition) is 4. The van der Waals surface area contributed by atoms with Gasteiger partial charge in [-0.3, -0.25) is 14.5 Å². The van der Waals surface area contributed by atoms with Crippen molar-refractivity contribution >= 4 is 11.8 Å². The van der Waals surface area contributed by atoms with Crippen LogP contribution >= 0.6 is 0 Å². The molecular weight excluding hydrogens is 351 g/mol. The summed E-state index contributed by atoms with van der Waals surface area (Å²) >= 11 is 0. The van der Waals surface area contributed by atoms with Crippen molar-refractivity contribution in [2.45, 2.75) is 38.5 Å². The van der Waals surface area contributed by atoms with Gasteiger partial charge in [0.25, 0.3) is 0 Å². The molecule has 0 unspecified atom stereocenters. The number of carbonyl (C=O) groups excluding carboxylic acids is 2. The Bertz CT molecular complexity index is 600. The van der Waals surface area contributed by atoms with Crippen LogP contribution < -0.4 is 5.32 Å². The molecule has 1 aromatic heterocycles. The summed E-state index contributed by atoms with van der Waals surface area (Å²) in [6, 6.07) is 2.95. The molecule has 2 rings (SSSR count). The van der Waals surface area contributed by atoms with Crippen molar-refractivity contribution in [2.24, 2.45) is 5.92 Å². The first kappa shape index (κ1) is 20.3. The third-order valence-electron chi connectivity index (χ3n) is 4.32. The third kappa shape index (κ3) is 6.70. The van der Waals surface area contributed by atoms with Gasteiger partial charge < -0.3 is 14.6 Å². The molecule has 1 aliphatic carbocycles. The van der Waals surface area contributed by atoms with Gasteiger partial charge in [0.1, 0.15) is 12.3 Å². The summed E-state index contributed by atoms with van der Waals surface area (Å²) in [5, 5.41) is 2.63. The number of amides is 2. The molecule has 1 fully saturated rings. The Kier molecular flexibility index (Phi) is 6.69. The highest BCUT2D eigenvalue weighted by molar-refractivity contribution is 5.81. The van der Waals surface area contributed by atoms with Crippen molar-refractivity contribution in [1.82, 2.24) is 15.1 Å². The lowest BCUT2D eigenvalue weighted by molar-refractivity contribution is -0.166. The maximum atomic E-state index is 12.8. The minimum Gasteiger partial charge on any atom is -0.467 e. The second kappa shape index (κ2) is 8.57. The lowest BCUT2D eigenvalue weighted by Gasteiger charge is -2.31. The number of carbonyl (C=O) groups is 2. The van der Waals surface area contributed by atoms with E-state index in [1.54, 1.807) is 19.1 Å². The number of rotatable bonds is 9. The Morgan fingerprint density at radius 3 is 2.58 bits per heavy atom. The van der Waals surface area contributed by atoms with Gasteiger partial charge in [0, 0.05) is 6.04 Å². The Labute approximate surface area is 150 Å². The van der Waals surface area contributed by atoms with Gasteiger partial charge in [-0.25, -0.2) is 0 Å². The van der Waals surface area contributed by atoms with E-state index in [1.165, 1.54) is 18.2 Å². The first-order valence-corrected chi connectivity index (χ1v) is 8.49. The fraction of sp³-hybridized carbons (Fsp3) is 0.647. The lowest BCUT2D eigenvalue weighted by Crippen LogP contribution is -2.49. The van der Waals surface area contributed by atoms with Crippen molar-refractivity contribution in [1.29, 1.82) is 0 Å². The molecular formula is C17H24F3N3O3. The van der Waals surface area contributed by atoms with E-state index in [0.29, 0.717) is 5.76 Å². The van der Waals surface area contributed by atoms with Gasteiger partial charge in [0.2, 0.25) is 11.8 Å². The summed E-state index contributed by atoms with van der Waals surface area (Å²) < 4.78 is 43.5. The molecule has 26 heavy (non-hydrogen) atoms. The summed E-state index contributed by atoms with van der Waals surface area (Å²) in [5.41, 5.74) is 0. The smallest absolute Gasteiger partial charge is 0.406 e. The standard InChI is InChI=1S/C17H24F3N3O3/c1-12(13-5-6-13)23(11-17(18,19)20)16(25)10-22(2)9-15(24)21-8-14-4-3-7-26-14/h3-4,7,12-13H,5-6,8-11H2,1-2H3,(H,21,24)/t12-/m0/s1. The second-order valence-electron chi connectivity index (χ2n) is 6.74. The van der Waals surface area contributed by atoms with E-state index in [4.69, 9.17) is 4.42 Å². The molecule has 1 heterocycles. The van der Waals surface area contributed by atoms with E-state index in [2.05, 4.69) is 5.32 Å². The summed E-state index contributed by atoms with van der Waals surface area (Å²) in [5.74, 6) is -0.243. The summed E-state index contributed by atoms with van der Waals surface area (Å²) in [7, 11) is 1.53. The van der Waals surface area contributed by atoms with Crippen LogP contribution in [-0.4, -0.2) is 60.5 Å². The highest BCUT2D eigenvalue weighted by atomic mass is 19.4. The first-order valence-electron chi connectivity index (χ1n) is 8.49. The Balaban J connectivity index is 1.83. The number of nitrogens with one attached hydrogen (secondary N) is 1. The molecule has 6 nitrogen and oxygen atoms in total. The number of hydrogen-bond donors (Lipinski definition) is 1. The second-order valence-corrected chi connectivity index (χ2v) is 6.74. The molecule has 9 heteroatoms. The van der Waals surface area contributed by atoms with Crippen LogP contribution in [0.2, 0.25) is 0 Å². The van der Waals surface area contributed by atoms with Crippen LogP contribution in [0, 0.1) is 5.92 Å². The third-order valence-corrected chi connectivity index (χ3v) is 4.32. The van der Waals surface area contributed by atoms with Crippen molar-refractivity contribution in [2.75, 3.05) is 26.7 Å². The van der Waals surface area contributed by atoms with Crippen LogP contribution in [0.5, 0.6) is 0 Å². The molecule has 0 radical (unpaired) electrons. The average Bonchev–Trinajstić information content (AvgIpc) is 3.25. The first-order chi connectivity index (χ1) is 12.2.